The molecule has 0 unspecified atom stereocenters. The van der Waals surface area contributed by atoms with Gasteiger partial charge in [-0.05, 0) is 77.2 Å². The summed E-state index contributed by atoms with van der Waals surface area (Å²) in [6.07, 6.45) is 1.55. The van der Waals surface area contributed by atoms with Gasteiger partial charge in [-0.3, -0.25) is 4.79 Å². The number of halogens is 2. The van der Waals surface area contributed by atoms with Crippen molar-refractivity contribution in [3.8, 4) is 28.6 Å². The zero-order valence-electron chi connectivity index (χ0n) is 22.1. The minimum absolute atomic E-state index is 0.199. The first-order valence-electron chi connectivity index (χ1n) is 12.2. The van der Waals surface area contributed by atoms with Gasteiger partial charge >= 0.3 is 0 Å². The molecule has 7 nitrogen and oxygen atoms in total. The molecule has 0 aliphatic rings. The normalized spacial score (nSPS) is 11.5. The molecular weight excluding hydrogens is 570 g/mol. The lowest BCUT2D eigenvalue weighted by Crippen LogP contribution is -2.21. The molecule has 198 valence electrons. The first kappa shape index (κ1) is 27.7. The molecule has 1 aromatic heterocycles. The van der Waals surface area contributed by atoms with E-state index >= 15 is 0 Å². The number of hydrogen-bond donors (Lipinski definition) is 0. The zero-order valence-corrected chi connectivity index (χ0v) is 24.5. The van der Waals surface area contributed by atoms with Gasteiger partial charge in [-0.2, -0.15) is 9.78 Å². The van der Waals surface area contributed by atoms with E-state index in [1.165, 1.54) is 18.9 Å². The van der Waals surface area contributed by atoms with E-state index in [0.29, 0.717) is 49.9 Å². The number of fused-ring (bicyclic) bond motifs is 1. The molecule has 4 aromatic rings. The quantitative estimate of drug-likeness (QED) is 0.200. The van der Waals surface area contributed by atoms with Crippen molar-refractivity contribution in [1.29, 1.82) is 0 Å². The summed E-state index contributed by atoms with van der Waals surface area (Å²) in [4.78, 5) is 18.6. The van der Waals surface area contributed by atoms with Gasteiger partial charge in [0.05, 0.1) is 37.9 Å². The van der Waals surface area contributed by atoms with Gasteiger partial charge in [-0.15, -0.1) is 0 Å². The van der Waals surface area contributed by atoms with Crippen LogP contribution >= 0.6 is 27.5 Å². The Morgan fingerprint density at radius 1 is 1.13 bits per heavy atom. The Balaban J connectivity index is 1.99. The maximum Gasteiger partial charge on any atom is 0.282 e. The lowest BCUT2D eigenvalue weighted by molar-refractivity contribution is 0.335. The lowest BCUT2D eigenvalue weighted by atomic mass is 9.96. The van der Waals surface area contributed by atoms with Crippen molar-refractivity contribution in [1.82, 2.24) is 9.66 Å². The molecule has 0 saturated heterocycles. The molecule has 0 bridgehead atoms. The van der Waals surface area contributed by atoms with Crippen molar-refractivity contribution in [3.63, 3.8) is 0 Å². The Bertz CT molecular complexity index is 1600. The fraction of sp³-hybridized carbons (Fsp3) is 0.276. The second-order valence-electron chi connectivity index (χ2n) is 8.94. The maximum absolute atomic E-state index is 13.7. The van der Waals surface area contributed by atoms with Crippen LogP contribution in [0.5, 0.6) is 17.2 Å². The van der Waals surface area contributed by atoms with Crippen LogP contribution < -0.4 is 19.8 Å². The summed E-state index contributed by atoms with van der Waals surface area (Å²) in [5.41, 5.74) is 3.64. The lowest BCUT2D eigenvalue weighted by Gasteiger charge is -2.18. The highest BCUT2D eigenvalue weighted by atomic mass is 79.9. The van der Waals surface area contributed by atoms with Gasteiger partial charge in [-0.1, -0.05) is 37.6 Å². The molecule has 0 saturated carbocycles. The summed E-state index contributed by atoms with van der Waals surface area (Å²) in [5.74, 6) is 2.29. The van der Waals surface area contributed by atoms with E-state index in [2.05, 4.69) is 34.9 Å². The Kier molecular flexibility index (Phi) is 8.43. The summed E-state index contributed by atoms with van der Waals surface area (Å²) in [6, 6.07) is 13.0. The van der Waals surface area contributed by atoms with Crippen LogP contribution in [-0.4, -0.2) is 36.7 Å². The number of ether oxygens (including phenoxy) is 3. The number of hydrogen-bond acceptors (Lipinski definition) is 6. The van der Waals surface area contributed by atoms with Crippen LogP contribution in [0.15, 0.2) is 56.8 Å². The molecule has 4 rings (SSSR count). The Labute approximate surface area is 235 Å². The minimum Gasteiger partial charge on any atom is -0.494 e. The van der Waals surface area contributed by atoms with E-state index in [1.807, 2.05) is 44.2 Å². The van der Waals surface area contributed by atoms with Gasteiger partial charge in [0.2, 0.25) is 0 Å². The molecule has 0 fully saturated rings. The van der Waals surface area contributed by atoms with Crippen LogP contribution in [0.2, 0.25) is 5.02 Å². The molecule has 0 aliphatic carbocycles. The van der Waals surface area contributed by atoms with E-state index < -0.39 is 0 Å². The topological polar surface area (TPSA) is 74.9 Å². The predicted octanol–water partition coefficient (Wildman–Crippen LogP) is 7.21. The van der Waals surface area contributed by atoms with Gasteiger partial charge in [0.15, 0.2) is 17.3 Å². The largest absolute Gasteiger partial charge is 0.494 e. The molecule has 0 spiro atoms. The Morgan fingerprint density at radius 2 is 1.87 bits per heavy atom. The molecule has 0 aliphatic heterocycles. The number of rotatable bonds is 8. The van der Waals surface area contributed by atoms with E-state index in [9.17, 15) is 4.79 Å². The standard InChI is InChI=1S/C29H29BrClN3O4/c1-7-38-23-12-17(4)21(14-20(23)16(2)3)28-33-22-11-9-8-10-19(22)29(35)34(28)32-15-18-13-24(36-5)27(37-6)26(31)25(18)30/h8-16H,7H2,1-6H3. The van der Waals surface area contributed by atoms with Crippen molar-refractivity contribution in [2.75, 3.05) is 20.8 Å². The highest BCUT2D eigenvalue weighted by Gasteiger charge is 2.20. The molecule has 38 heavy (non-hydrogen) atoms. The molecule has 0 N–H and O–H groups in total. The number of aromatic nitrogens is 2. The van der Waals surface area contributed by atoms with Crippen LogP contribution in [0, 0.1) is 6.92 Å². The van der Waals surface area contributed by atoms with Gasteiger partial charge < -0.3 is 14.2 Å². The molecule has 0 atom stereocenters. The Hall–Kier alpha value is -3.36. The van der Waals surface area contributed by atoms with Crippen LogP contribution in [-0.2, 0) is 0 Å². The molecular formula is C29H29BrClN3O4. The number of para-hydroxylation sites is 1. The third-order valence-corrected chi connectivity index (χ3v) is 7.61. The molecule has 0 radical (unpaired) electrons. The SMILES string of the molecule is CCOc1cc(C)c(-c2nc3ccccc3c(=O)n2N=Cc2cc(OC)c(OC)c(Cl)c2Br)cc1C(C)C. The highest BCUT2D eigenvalue weighted by molar-refractivity contribution is 9.10. The number of aryl methyl sites for hydroxylation is 1. The highest BCUT2D eigenvalue weighted by Crippen LogP contribution is 2.42. The van der Waals surface area contributed by atoms with Crippen LogP contribution in [0.1, 0.15) is 43.4 Å². The summed E-state index contributed by atoms with van der Waals surface area (Å²) < 4.78 is 18.6. The van der Waals surface area contributed by atoms with Crippen LogP contribution in [0.4, 0.5) is 0 Å². The monoisotopic (exact) mass is 597 g/mol. The van der Waals surface area contributed by atoms with Crippen molar-refractivity contribution in [2.24, 2.45) is 5.10 Å². The molecule has 9 heteroatoms. The second kappa shape index (κ2) is 11.6. The molecule has 0 amide bonds. The Morgan fingerprint density at radius 3 is 2.53 bits per heavy atom. The predicted molar refractivity (Wildman–Crippen MR) is 157 cm³/mol. The van der Waals surface area contributed by atoms with E-state index in [-0.39, 0.29) is 11.5 Å². The zero-order chi connectivity index (χ0) is 27.6. The number of methoxy groups -OCH3 is 2. The number of nitrogens with zero attached hydrogens (tertiary/aromatic N) is 3. The average Bonchev–Trinajstić information content (AvgIpc) is 2.90. The van der Waals surface area contributed by atoms with Gasteiger partial charge in [-0.25, -0.2) is 4.98 Å². The van der Waals surface area contributed by atoms with Crippen molar-refractivity contribution in [2.45, 2.75) is 33.6 Å². The van der Waals surface area contributed by atoms with E-state index in [1.54, 1.807) is 18.3 Å². The average molecular weight is 599 g/mol. The summed E-state index contributed by atoms with van der Waals surface area (Å²) >= 11 is 10.0. The first-order valence-corrected chi connectivity index (χ1v) is 13.3. The number of benzene rings is 3. The second-order valence-corrected chi connectivity index (χ2v) is 10.1. The summed E-state index contributed by atoms with van der Waals surface area (Å²) in [6.45, 7) is 8.71. The molecule has 3 aromatic carbocycles. The fourth-order valence-corrected chi connectivity index (χ4v) is 4.91. The third-order valence-electron chi connectivity index (χ3n) is 6.17. The fourth-order valence-electron chi connectivity index (χ4n) is 4.24. The molecule has 1 heterocycles. The van der Waals surface area contributed by atoms with Crippen molar-refractivity contribution >= 4 is 44.6 Å². The summed E-state index contributed by atoms with van der Waals surface area (Å²) in [7, 11) is 3.04. The van der Waals surface area contributed by atoms with Crippen LogP contribution in [0.25, 0.3) is 22.3 Å². The van der Waals surface area contributed by atoms with Gasteiger partial charge in [0, 0.05) is 15.6 Å². The summed E-state index contributed by atoms with van der Waals surface area (Å²) in [5, 5.41) is 5.41. The van der Waals surface area contributed by atoms with Crippen molar-refractivity contribution in [3.05, 3.63) is 79.0 Å². The minimum atomic E-state index is -0.288. The van der Waals surface area contributed by atoms with Gasteiger partial charge in [0.1, 0.15) is 10.8 Å². The smallest absolute Gasteiger partial charge is 0.282 e. The van der Waals surface area contributed by atoms with E-state index in [0.717, 1.165) is 22.4 Å². The van der Waals surface area contributed by atoms with Crippen molar-refractivity contribution < 1.29 is 14.2 Å². The maximum atomic E-state index is 13.7. The third kappa shape index (κ3) is 5.15. The van der Waals surface area contributed by atoms with E-state index in [4.69, 9.17) is 30.8 Å². The van der Waals surface area contributed by atoms with Crippen LogP contribution in [0.3, 0.4) is 0 Å². The van der Waals surface area contributed by atoms with Gasteiger partial charge in [0.25, 0.3) is 5.56 Å². The first-order chi connectivity index (χ1) is 18.2.